The Kier molecular flexibility index (Phi) is 4.31. The van der Waals surface area contributed by atoms with Gasteiger partial charge in [0.1, 0.15) is 0 Å². The molecular formula is C10H14BrN3OS. The van der Waals surface area contributed by atoms with Gasteiger partial charge in [-0.05, 0) is 47.8 Å². The van der Waals surface area contributed by atoms with Gasteiger partial charge in [-0.15, -0.1) is 0 Å². The molecule has 88 valence electrons. The fourth-order valence-electron chi connectivity index (χ4n) is 1.83. The lowest BCUT2D eigenvalue weighted by atomic mass is 9.94. The quantitative estimate of drug-likeness (QED) is 0.900. The van der Waals surface area contributed by atoms with Crippen molar-refractivity contribution in [1.82, 2.24) is 10.3 Å². The molecule has 0 unspecified atom stereocenters. The van der Waals surface area contributed by atoms with E-state index in [4.69, 9.17) is 0 Å². The van der Waals surface area contributed by atoms with Gasteiger partial charge in [0.15, 0.2) is 5.13 Å². The fourth-order valence-corrected chi connectivity index (χ4v) is 2.95. The van der Waals surface area contributed by atoms with Gasteiger partial charge < -0.3 is 10.6 Å². The monoisotopic (exact) mass is 303 g/mol. The number of anilines is 1. The Balaban J connectivity index is 1.79. The highest BCUT2D eigenvalue weighted by Gasteiger charge is 2.17. The van der Waals surface area contributed by atoms with E-state index in [9.17, 15) is 4.79 Å². The van der Waals surface area contributed by atoms with E-state index in [1.807, 2.05) is 0 Å². The number of nitrogens with zero attached hydrogens (tertiary/aromatic N) is 1. The molecule has 0 atom stereocenters. The third-order valence-electron chi connectivity index (χ3n) is 2.66. The molecule has 1 aliphatic heterocycles. The smallest absolute Gasteiger partial charge is 0.226 e. The summed E-state index contributed by atoms with van der Waals surface area (Å²) in [5.74, 6) is 0.596. The Hall–Kier alpha value is -0.460. The minimum absolute atomic E-state index is 0.0775. The van der Waals surface area contributed by atoms with E-state index in [2.05, 4.69) is 31.5 Å². The van der Waals surface area contributed by atoms with E-state index < -0.39 is 0 Å². The summed E-state index contributed by atoms with van der Waals surface area (Å²) in [6.07, 6.45) is 4.49. The third kappa shape index (κ3) is 3.54. The molecule has 1 amide bonds. The Bertz CT molecular complexity index is 363. The van der Waals surface area contributed by atoms with Gasteiger partial charge in [-0.2, -0.15) is 0 Å². The van der Waals surface area contributed by atoms with Gasteiger partial charge in [0.25, 0.3) is 0 Å². The molecule has 0 aromatic carbocycles. The van der Waals surface area contributed by atoms with Crippen LogP contribution >= 0.6 is 27.3 Å². The molecule has 0 radical (unpaired) electrons. The lowest BCUT2D eigenvalue weighted by Gasteiger charge is -2.21. The van der Waals surface area contributed by atoms with E-state index in [1.165, 1.54) is 11.3 Å². The summed E-state index contributed by atoms with van der Waals surface area (Å²) >= 11 is 4.76. The van der Waals surface area contributed by atoms with Crippen LogP contribution in [0.15, 0.2) is 9.98 Å². The first-order valence-corrected chi connectivity index (χ1v) is 6.97. The molecule has 1 aliphatic rings. The van der Waals surface area contributed by atoms with Gasteiger partial charge in [-0.3, -0.25) is 4.79 Å². The molecule has 2 N–H and O–H groups in total. The van der Waals surface area contributed by atoms with Crippen LogP contribution in [0.5, 0.6) is 0 Å². The largest absolute Gasteiger partial charge is 0.317 e. The molecule has 6 heteroatoms. The Labute approximate surface area is 107 Å². The molecule has 1 aromatic rings. The van der Waals surface area contributed by atoms with Crippen LogP contribution in [0.3, 0.4) is 0 Å². The first-order valence-electron chi connectivity index (χ1n) is 5.36. The minimum Gasteiger partial charge on any atom is -0.317 e. The number of nitrogens with one attached hydrogen (secondary N) is 2. The van der Waals surface area contributed by atoms with Crippen molar-refractivity contribution in [2.75, 3.05) is 18.4 Å². The van der Waals surface area contributed by atoms with E-state index in [0.717, 1.165) is 29.7 Å². The normalized spacial score (nSPS) is 17.3. The molecule has 2 heterocycles. The van der Waals surface area contributed by atoms with Crippen LogP contribution in [-0.2, 0) is 4.79 Å². The van der Waals surface area contributed by atoms with E-state index in [1.54, 1.807) is 6.20 Å². The van der Waals surface area contributed by atoms with E-state index in [-0.39, 0.29) is 5.91 Å². The predicted octanol–water partition coefficient (Wildman–Crippen LogP) is 2.23. The summed E-state index contributed by atoms with van der Waals surface area (Å²) in [5, 5.41) is 6.79. The molecule has 0 saturated carbocycles. The highest BCUT2D eigenvalue weighted by atomic mass is 79.9. The number of piperidine rings is 1. The number of carbonyl (C=O) groups is 1. The molecule has 1 saturated heterocycles. The van der Waals surface area contributed by atoms with Crippen molar-refractivity contribution in [2.24, 2.45) is 5.92 Å². The maximum absolute atomic E-state index is 11.7. The summed E-state index contributed by atoms with van der Waals surface area (Å²) in [6.45, 7) is 2.06. The Morgan fingerprint density at radius 1 is 1.62 bits per heavy atom. The SMILES string of the molecule is O=C(CC1CCNCC1)Nc1ncc(Br)s1. The molecule has 0 spiro atoms. The number of thiazole rings is 1. The molecule has 2 rings (SSSR count). The van der Waals surface area contributed by atoms with Crippen molar-refractivity contribution in [3.8, 4) is 0 Å². The van der Waals surface area contributed by atoms with Gasteiger partial charge >= 0.3 is 0 Å². The number of halogens is 1. The van der Waals surface area contributed by atoms with Crippen LogP contribution in [0.1, 0.15) is 19.3 Å². The lowest BCUT2D eigenvalue weighted by molar-refractivity contribution is -0.117. The van der Waals surface area contributed by atoms with Crippen molar-refractivity contribution >= 4 is 38.3 Å². The van der Waals surface area contributed by atoms with Crippen molar-refractivity contribution in [1.29, 1.82) is 0 Å². The van der Waals surface area contributed by atoms with Crippen molar-refractivity contribution in [3.63, 3.8) is 0 Å². The average molecular weight is 304 g/mol. The van der Waals surface area contributed by atoms with Crippen molar-refractivity contribution < 1.29 is 4.79 Å². The average Bonchev–Trinajstić information content (AvgIpc) is 2.65. The zero-order valence-electron chi connectivity index (χ0n) is 8.83. The molecular weight excluding hydrogens is 290 g/mol. The van der Waals surface area contributed by atoms with Gasteiger partial charge in [0.2, 0.25) is 5.91 Å². The Morgan fingerprint density at radius 3 is 3.00 bits per heavy atom. The van der Waals surface area contributed by atoms with Crippen LogP contribution in [0.25, 0.3) is 0 Å². The molecule has 4 nitrogen and oxygen atoms in total. The summed E-state index contributed by atoms with van der Waals surface area (Å²) in [5.41, 5.74) is 0. The summed E-state index contributed by atoms with van der Waals surface area (Å²) < 4.78 is 0.935. The molecule has 0 aliphatic carbocycles. The number of rotatable bonds is 3. The summed E-state index contributed by atoms with van der Waals surface area (Å²) in [7, 11) is 0. The fraction of sp³-hybridized carbons (Fsp3) is 0.600. The summed E-state index contributed by atoms with van der Waals surface area (Å²) in [4.78, 5) is 15.8. The van der Waals surface area contributed by atoms with Crippen LogP contribution in [0, 0.1) is 5.92 Å². The van der Waals surface area contributed by atoms with Gasteiger partial charge in [0.05, 0.1) is 9.98 Å². The van der Waals surface area contributed by atoms with Crippen LogP contribution in [-0.4, -0.2) is 24.0 Å². The van der Waals surface area contributed by atoms with Crippen LogP contribution in [0.4, 0.5) is 5.13 Å². The highest BCUT2D eigenvalue weighted by Crippen LogP contribution is 2.24. The maximum Gasteiger partial charge on any atom is 0.226 e. The zero-order chi connectivity index (χ0) is 11.4. The Morgan fingerprint density at radius 2 is 2.38 bits per heavy atom. The first kappa shape index (κ1) is 12.0. The minimum atomic E-state index is 0.0775. The van der Waals surface area contributed by atoms with E-state index >= 15 is 0 Å². The van der Waals surface area contributed by atoms with Crippen molar-refractivity contribution in [2.45, 2.75) is 19.3 Å². The molecule has 1 aromatic heterocycles. The predicted molar refractivity (Wildman–Crippen MR) is 68.7 cm³/mol. The van der Waals surface area contributed by atoms with Gasteiger partial charge in [-0.1, -0.05) is 11.3 Å². The van der Waals surface area contributed by atoms with Gasteiger partial charge in [0, 0.05) is 6.42 Å². The van der Waals surface area contributed by atoms with Crippen molar-refractivity contribution in [3.05, 3.63) is 9.98 Å². The number of hydrogen-bond donors (Lipinski definition) is 2. The van der Waals surface area contributed by atoms with Crippen LogP contribution < -0.4 is 10.6 Å². The molecule has 1 fully saturated rings. The van der Waals surface area contributed by atoms with Crippen LogP contribution in [0.2, 0.25) is 0 Å². The zero-order valence-corrected chi connectivity index (χ0v) is 11.2. The maximum atomic E-state index is 11.7. The number of amides is 1. The standard InChI is InChI=1S/C10H14BrN3OS/c11-8-6-13-10(16-8)14-9(15)5-7-1-3-12-4-2-7/h6-7,12H,1-5H2,(H,13,14,15). The van der Waals surface area contributed by atoms with Gasteiger partial charge in [-0.25, -0.2) is 4.98 Å². The topological polar surface area (TPSA) is 54.0 Å². The molecule has 0 bridgehead atoms. The summed E-state index contributed by atoms with van der Waals surface area (Å²) in [6, 6.07) is 0. The molecule has 16 heavy (non-hydrogen) atoms. The second-order valence-electron chi connectivity index (χ2n) is 3.92. The second kappa shape index (κ2) is 5.75. The number of hydrogen-bond acceptors (Lipinski definition) is 4. The lowest BCUT2D eigenvalue weighted by Crippen LogP contribution is -2.30. The number of aromatic nitrogens is 1. The first-order chi connectivity index (χ1) is 7.74. The number of carbonyl (C=O) groups excluding carboxylic acids is 1. The highest BCUT2D eigenvalue weighted by molar-refractivity contribution is 9.11. The second-order valence-corrected chi connectivity index (χ2v) is 6.33. The van der Waals surface area contributed by atoms with E-state index in [0.29, 0.717) is 17.5 Å². The third-order valence-corrected chi connectivity index (χ3v) is 4.05.